The zero-order chi connectivity index (χ0) is 47.1. The van der Waals surface area contributed by atoms with Crippen molar-refractivity contribution in [3.8, 4) is 0 Å². The molecule has 10 aromatic heterocycles. The van der Waals surface area contributed by atoms with Crippen LogP contribution in [0, 0.1) is 41.5 Å². The van der Waals surface area contributed by atoms with Gasteiger partial charge in [-0.2, -0.15) is 4.57 Å². The summed E-state index contributed by atoms with van der Waals surface area (Å²) in [5.74, 6) is 3.98. The summed E-state index contributed by atoms with van der Waals surface area (Å²) in [6.07, 6.45) is 10.7. The van der Waals surface area contributed by atoms with Crippen molar-refractivity contribution in [1.29, 1.82) is 0 Å². The number of pyridine rings is 4. The average Bonchev–Trinajstić information content (AvgIpc) is 4.13. The highest BCUT2D eigenvalue weighted by Gasteiger charge is 2.12. The lowest BCUT2D eigenvalue weighted by Gasteiger charge is -1.96. The molecule has 0 aliphatic carbocycles. The van der Waals surface area contributed by atoms with Crippen molar-refractivity contribution >= 4 is 66.3 Å². The van der Waals surface area contributed by atoms with Gasteiger partial charge in [-0.15, -0.1) is 0 Å². The molecule has 0 N–H and O–H groups in total. The number of hydrogen-bond acceptors (Lipinski definition) is 8. The van der Waals surface area contributed by atoms with Gasteiger partial charge in [-0.1, -0.05) is 30.3 Å². The summed E-state index contributed by atoms with van der Waals surface area (Å²) in [6, 6.07) is 32.6. The molecule has 336 valence electrons. The molecule has 2 aromatic carbocycles. The predicted octanol–water partition coefficient (Wildman–Crippen LogP) is 9.76. The molecule has 0 saturated carbocycles. The maximum atomic E-state index is 5.46. The monoisotopic (exact) mass is 880 g/mol. The first-order chi connectivity index (χ1) is 31.7. The van der Waals surface area contributed by atoms with Gasteiger partial charge in [-0.25, -0.2) is 19.9 Å². The Morgan fingerprint density at radius 2 is 1.02 bits per heavy atom. The van der Waals surface area contributed by atoms with Gasteiger partial charge in [-0.05, 0) is 101 Å². The van der Waals surface area contributed by atoms with Crippen LogP contribution in [0.25, 0.3) is 66.3 Å². The van der Waals surface area contributed by atoms with Gasteiger partial charge in [0.15, 0.2) is 5.65 Å². The number of oxazole rings is 1. The number of nitrogens with zero attached hydrogens (tertiary/aromatic N) is 13. The van der Waals surface area contributed by atoms with Crippen molar-refractivity contribution in [2.24, 2.45) is 42.3 Å². The van der Waals surface area contributed by atoms with Crippen LogP contribution in [0.3, 0.4) is 0 Å². The molecular weight excluding hydrogens is 823 g/mol. The summed E-state index contributed by atoms with van der Waals surface area (Å²) in [5, 5.41) is 1.33. The first-order valence-corrected chi connectivity index (χ1v) is 21.7. The number of fused-ring (bicyclic) bond motifs is 6. The van der Waals surface area contributed by atoms with Gasteiger partial charge >= 0.3 is 5.89 Å². The molecule has 14 nitrogen and oxygen atoms in total. The number of imidazole rings is 3. The second-order valence-corrected chi connectivity index (χ2v) is 16.0. The van der Waals surface area contributed by atoms with Crippen LogP contribution in [0.5, 0.6) is 0 Å². The molecule has 12 rings (SSSR count). The lowest BCUT2D eigenvalue weighted by Crippen LogP contribution is -2.28. The third kappa shape index (κ3) is 10.0. The Balaban J connectivity index is 0.000000118. The fourth-order valence-electron chi connectivity index (χ4n) is 7.40. The second-order valence-electron chi connectivity index (χ2n) is 16.0. The van der Waals surface area contributed by atoms with E-state index in [0.717, 1.165) is 73.2 Å². The first-order valence-electron chi connectivity index (χ1n) is 21.7. The van der Waals surface area contributed by atoms with Gasteiger partial charge in [-0.3, -0.25) is 15.0 Å². The molecule has 0 aliphatic rings. The minimum Gasteiger partial charge on any atom is -0.402 e. The van der Waals surface area contributed by atoms with E-state index in [-0.39, 0.29) is 0 Å². The van der Waals surface area contributed by atoms with Crippen molar-refractivity contribution in [2.75, 3.05) is 0 Å². The lowest BCUT2D eigenvalue weighted by molar-refractivity contribution is -0.657. The number of para-hydroxylation sites is 3. The molecule has 14 heteroatoms. The number of hydrogen-bond donors (Lipinski definition) is 0. The number of aryl methyl sites for hydroxylation is 12. The maximum Gasteiger partial charge on any atom is 0.344 e. The van der Waals surface area contributed by atoms with Crippen LogP contribution in [0.2, 0.25) is 0 Å². The van der Waals surface area contributed by atoms with Gasteiger partial charge in [0.2, 0.25) is 5.58 Å². The first kappa shape index (κ1) is 46.0. The van der Waals surface area contributed by atoms with E-state index in [1.165, 1.54) is 27.8 Å². The normalized spacial score (nSPS) is 10.7. The lowest BCUT2D eigenvalue weighted by atomic mass is 10.2. The Kier molecular flexibility index (Phi) is 14.1. The summed E-state index contributed by atoms with van der Waals surface area (Å²) >= 11 is 0. The van der Waals surface area contributed by atoms with Crippen LogP contribution in [-0.4, -0.2) is 57.7 Å². The molecule has 0 amide bonds. The molecule has 66 heavy (non-hydrogen) atoms. The number of benzene rings is 2. The molecule has 0 spiro atoms. The summed E-state index contributed by atoms with van der Waals surface area (Å²) in [4.78, 5) is 29.3. The van der Waals surface area contributed by atoms with E-state index in [9.17, 15) is 0 Å². The molecule has 0 bridgehead atoms. The summed E-state index contributed by atoms with van der Waals surface area (Å²) in [6.45, 7) is 12.1. The zero-order valence-electron chi connectivity index (χ0n) is 39.9. The van der Waals surface area contributed by atoms with E-state index in [1.54, 1.807) is 24.8 Å². The Labute approximate surface area is 384 Å². The van der Waals surface area contributed by atoms with Gasteiger partial charge < -0.3 is 27.3 Å². The van der Waals surface area contributed by atoms with Crippen LogP contribution in [0.4, 0.5) is 0 Å². The van der Waals surface area contributed by atoms with Crippen LogP contribution < -0.4 is 4.57 Å². The predicted molar refractivity (Wildman–Crippen MR) is 265 cm³/mol. The van der Waals surface area contributed by atoms with Crippen molar-refractivity contribution in [1.82, 2.24) is 57.7 Å². The van der Waals surface area contributed by atoms with E-state index in [2.05, 4.69) is 119 Å². The Morgan fingerprint density at radius 3 is 1.71 bits per heavy atom. The molecule has 12 aromatic rings. The fourth-order valence-corrected chi connectivity index (χ4v) is 7.40. The van der Waals surface area contributed by atoms with Crippen LogP contribution in [-0.2, 0) is 42.3 Å². The summed E-state index contributed by atoms with van der Waals surface area (Å²) in [7, 11) is 12.1. The molecule has 0 radical (unpaired) electrons. The van der Waals surface area contributed by atoms with E-state index in [1.807, 2.05) is 137 Å². The molecule has 0 unspecified atom stereocenters. The molecule has 0 aliphatic heterocycles. The van der Waals surface area contributed by atoms with Crippen LogP contribution in [0.15, 0.2) is 139 Å². The molecule has 10 heterocycles. The maximum absolute atomic E-state index is 5.46. The Bertz CT molecular complexity index is 2940. The molecule has 0 fully saturated rings. The third-order valence-corrected chi connectivity index (χ3v) is 11.9. The third-order valence-electron chi connectivity index (χ3n) is 11.9. The minimum atomic E-state index is 0.826. The highest BCUT2D eigenvalue weighted by molar-refractivity contribution is 5.81. The van der Waals surface area contributed by atoms with Gasteiger partial charge in [0.25, 0.3) is 5.52 Å². The number of aromatic nitrogens is 13. The quantitative estimate of drug-likeness (QED) is 0.138. The fraction of sp³-hybridized carbons (Fsp3) is 0.231. The average molecular weight is 881 g/mol. The smallest absolute Gasteiger partial charge is 0.344 e. The standard InChI is InChI=1S/C10H11N.C9H10N2.C9H10NO.3C8H9N3/c1-8-7-9-5-3-4-6-10(9)11(8)2;1-7-6-8-9(11(7)2)4-3-5-10-8;1-7-10(2)8-5-3-4-6-9(8)11-7;1-6-10-7-5-9-4-3-8(7)11(6)2;1-6-10-7-3-4-9-5-8(7)11(6)2;1-6-10-8-7(11(6)2)4-3-5-9-8/h3-7H,1-2H3;2*3-6H,1-2H3;3*3-5H,1-2H3/q;;+1;;;. The van der Waals surface area contributed by atoms with Crippen molar-refractivity contribution < 1.29 is 8.98 Å². The van der Waals surface area contributed by atoms with E-state index in [0.29, 0.717) is 0 Å². The topological polar surface area (TPSA) is 132 Å². The largest absolute Gasteiger partial charge is 0.402 e. The molecule has 0 saturated heterocycles. The summed E-state index contributed by atoms with van der Waals surface area (Å²) in [5.41, 5.74) is 14.4. The highest BCUT2D eigenvalue weighted by atomic mass is 16.3. The second kappa shape index (κ2) is 20.2. The van der Waals surface area contributed by atoms with Crippen molar-refractivity contribution in [3.63, 3.8) is 0 Å². The van der Waals surface area contributed by atoms with E-state index < -0.39 is 0 Å². The zero-order valence-corrected chi connectivity index (χ0v) is 39.9. The Morgan fingerprint density at radius 1 is 0.455 bits per heavy atom. The SMILES string of the molecule is Cc1cc2ccccc2n1C.Cc1cc2ncccc2n1C.Cc1nc2ccncc2n1C.Cc1nc2cnccc2n1C.Cc1nc2ncccc2n1C.Cc1oc2ccccc2[n+]1C. The van der Waals surface area contributed by atoms with E-state index >= 15 is 0 Å². The number of rotatable bonds is 0. The van der Waals surface area contributed by atoms with Crippen molar-refractivity contribution in [3.05, 3.63) is 169 Å². The van der Waals surface area contributed by atoms with Gasteiger partial charge in [0, 0.05) is 83.0 Å². The minimum absolute atomic E-state index is 0.826. The Hall–Kier alpha value is -8.00. The van der Waals surface area contributed by atoms with E-state index in [4.69, 9.17) is 4.42 Å². The van der Waals surface area contributed by atoms with Crippen LogP contribution in [0.1, 0.15) is 34.8 Å². The van der Waals surface area contributed by atoms with Crippen molar-refractivity contribution in [2.45, 2.75) is 41.5 Å². The molecule has 0 atom stereocenters. The van der Waals surface area contributed by atoms with Crippen LogP contribution >= 0.6 is 0 Å². The highest BCUT2D eigenvalue weighted by Crippen LogP contribution is 2.18. The molecular formula is C52H58N13O+. The van der Waals surface area contributed by atoms with Gasteiger partial charge in [0.1, 0.15) is 30.0 Å². The summed E-state index contributed by atoms with van der Waals surface area (Å²) < 4.78 is 18.0. The van der Waals surface area contributed by atoms with Gasteiger partial charge in [0.05, 0.1) is 52.4 Å².